The van der Waals surface area contributed by atoms with Gasteiger partial charge in [0, 0.05) is 25.7 Å². The minimum atomic E-state index is -0.452. The largest absolute Gasteiger partial charge is 0.490 e. The van der Waals surface area contributed by atoms with Gasteiger partial charge in [-0.05, 0) is 61.6 Å². The minimum absolute atomic E-state index is 0.00615. The van der Waals surface area contributed by atoms with Crippen molar-refractivity contribution < 1.29 is 19.1 Å². The van der Waals surface area contributed by atoms with E-state index in [1.807, 2.05) is 67.1 Å². The zero-order valence-corrected chi connectivity index (χ0v) is 20.1. The van der Waals surface area contributed by atoms with E-state index in [0.717, 1.165) is 41.7 Å². The van der Waals surface area contributed by atoms with Crippen LogP contribution in [-0.2, 0) is 11.2 Å². The topological polar surface area (TPSA) is 59.1 Å². The third-order valence-electron chi connectivity index (χ3n) is 6.67. The maximum Gasteiger partial charge on any atom is 0.254 e. The molecule has 2 atom stereocenters. The molecule has 0 fully saturated rings. The Morgan fingerprint density at radius 2 is 1.76 bits per heavy atom. The number of hydrogen-bond donors (Lipinski definition) is 0. The average Bonchev–Trinajstić information content (AvgIpc) is 2.83. The van der Waals surface area contributed by atoms with Crippen molar-refractivity contribution in [3.63, 3.8) is 0 Å². The number of carbonyl (C=O) groups excluding carboxylic acids is 2. The molecule has 0 aromatic heterocycles. The maximum absolute atomic E-state index is 13.9. The first-order valence-electron chi connectivity index (χ1n) is 12.1. The van der Waals surface area contributed by atoms with E-state index in [2.05, 4.69) is 6.92 Å². The molecule has 2 heterocycles. The number of benzene rings is 2. The zero-order chi connectivity index (χ0) is 23.5. The van der Waals surface area contributed by atoms with Crippen LogP contribution >= 0.6 is 0 Å². The third-order valence-corrected chi connectivity index (χ3v) is 6.67. The van der Waals surface area contributed by atoms with Gasteiger partial charge in [0.1, 0.15) is 0 Å². The van der Waals surface area contributed by atoms with Crippen LogP contribution in [0.5, 0.6) is 11.5 Å². The molecule has 0 saturated carbocycles. The smallest absolute Gasteiger partial charge is 0.254 e. The van der Waals surface area contributed by atoms with Crippen LogP contribution in [0.4, 0.5) is 0 Å². The first-order chi connectivity index (χ1) is 16.0. The van der Waals surface area contributed by atoms with Crippen LogP contribution in [-0.4, -0.2) is 55.0 Å². The Hall–Kier alpha value is -3.02. The van der Waals surface area contributed by atoms with Gasteiger partial charge in [0.15, 0.2) is 11.5 Å². The molecule has 0 unspecified atom stereocenters. The predicted molar refractivity (Wildman–Crippen MR) is 128 cm³/mol. The lowest BCUT2D eigenvalue weighted by Crippen LogP contribution is -2.50. The molecule has 0 N–H and O–H groups in total. The lowest BCUT2D eigenvalue weighted by Gasteiger charge is -2.46. The number of hydrogen-bond acceptors (Lipinski definition) is 4. The first kappa shape index (κ1) is 23.1. The molecule has 33 heavy (non-hydrogen) atoms. The maximum atomic E-state index is 13.9. The van der Waals surface area contributed by atoms with Crippen LogP contribution in [0, 0.1) is 0 Å². The molecule has 6 nitrogen and oxygen atoms in total. The second-order valence-electron chi connectivity index (χ2n) is 8.74. The molecule has 0 saturated heterocycles. The van der Waals surface area contributed by atoms with E-state index >= 15 is 0 Å². The molecule has 0 aliphatic carbocycles. The first-order valence-corrected chi connectivity index (χ1v) is 12.1. The SMILES string of the molecule is CCCCN(C)C(=O)[C@@H]1c2ccccc2C(=O)N2CCc3cc(OCC)c(OCC)cc3[C@H]12. The highest BCUT2D eigenvalue weighted by molar-refractivity contribution is 6.01. The van der Waals surface area contributed by atoms with Crippen LogP contribution in [0.15, 0.2) is 36.4 Å². The predicted octanol–water partition coefficient (Wildman–Crippen LogP) is 4.58. The van der Waals surface area contributed by atoms with Crippen molar-refractivity contribution in [1.29, 1.82) is 0 Å². The van der Waals surface area contributed by atoms with Gasteiger partial charge in [-0.3, -0.25) is 9.59 Å². The molecule has 6 heteroatoms. The quantitative estimate of drug-likeness (QED) is 0.591. The van der Waals surface area contributed by atoms with Gasteiger partial charge in [0.2, 0.25) is 5.91 Å². The molecular weight excluding hydrogens is 416 g/mol. The molecule has 0 bridgehead atoms. The molecule has 2 aliphatic heterocycles. The van der Waals surface area contributed by atoms with Gasteiger partial charge in [-0.15, -0.1) is 0 Å². The molecular formula is C27H34N2O4. The van der Waals surface area contributed by atoms with Crippen molar-refractivity contribution in [2.45, 2.75) is 52.0 Å². The molecule has 0 spiro atoms. The summed E-state index contributed by atoms with van der Waals surface area (Å²) in [6, 6.07) is 11.2. The summed E-state index contributed by atoms with van der Waals surface area (Å²) in [4.78, 5) is 31.1. The zero-order valence-electron chi connectivity index (χ0n) is 20.1. The Kier molecular flexibility index (Phi) is 6.91. The molecule has 2 aliphatic rings. The Morgan fingerprint density at radius 1 is 1.06 bits per heavy atom. The lowest BCUT2D eigenvalue weighted by atomic mass is 9.75. The Bertz CT molecular complexity index is 1030. The fraction of sp³-hybridized carbons (Fsp3) is 0.481. The Labute approximate surface area is 196 Å². The third kappa shape index (κ3) is 4.19. The van der Waals surface area contributed by atoms with Crippen molar-refractivity contribution in [3.05, 3.63) is 58.7 Å². The van der Waals surface area contributed by atoms with Crippen molar-refractivity contribution in [2.75, 3.05) is 33.4 Å². The summed E-state index contributed by atoms with van der Waals surface area (Å²) in [5.74, 6) is 0.979. The summed E-state index contributed by atoms with van der Waals surface area (Å²) in [5.41, 5.74) is 3.55. The molecule has 2 amide bonds. The van der Waals surface area contributed by atoms with Gasteiger partial charge in [-0.25, -0.2) is 0 Å². The van der Waals surface area contributed by atoms with E-state index in [0.29, 0.717) is 37.6 Å². The summed E-state index contributed by atoms with van der Waals surface area (Å²) < 4.78 is 11.7. The molecule has 0 radical (unpaired) electrons. The van der Waals surface area contributed by atoms with Crippen LogP contribution < -0.4 is 9.47 Å². The number of fused-ring (bicyclic) bond motifs is 4. The van der Waals surface area contributed by atoms with Crippen molar-refractivity contribution in [2.24, 2.45) is 0 Å². The number of amides is 2. The average molecular weight is 451 g/mol. The minimum Gasteiger partial charge on any atom is -0.490 e. The standard InChI is InChI=1S/C27H34N2O4/c1-5-8-14-28(4)27(31)24-19-11-9-10-12-20(19)26(30)29-15-13-18-16-22(32-6-2)23(33-7-3)17-21(18)25(24)29/h9-12,16-17,24-25H,5-8,13-15H2,1-4H3/t24-,25-/m1/s1. The highest BCUT2D eigenvalue weighted by Gasteiger charge is 2.47. The van der Waals surface area contributed by atoms with Gasteiger partial charge in [-0.1, -0.05) is 31.5 Å². The van der Waals surface area contributed by atoms with E-state index in [1.165, 1.54) is 0 Å². The van der Waals surface area contributed by atoms with E-state index in [4.69, 9.17) is 9.47 Å². The van der Waals surface area contributed by atoms with Gasteiger partial charge in [0.25, 0.3) is 5.91 Å². The number of carbonyl (C=O) groups is 2. The van der Waals surface area contributed by atoms with E-state index in [9.17, 15) is 9.59 Å². The van der Waals surface area contributed by atoms with E-state index in [1.54, 1.807) is 0 Å². The fourth-order valence-corrected chi connectivity index (χ4v) is 5.08. The van der Waals surface area contributed by atoms with Gasteiger partial charge in [0.05, 0.1) is 25.2 Å². The van der Waals surface area contributed by atoms with E-state index in [-0.39, 0.29) is 17.9 Å². The van der Waals surface area contributed by atoms with Crippen LogP contribution in [0.2, 0.25) is 0 Å². The molecule has 176 valence electrons. The highest BCUT2D eigenvalue weighted by atomic mass is 16.5. The van der Waals surface area contributed by atoms with Crippen LogP contribution in [0.3, 0.4) is 0 Å². The normalized spacial score (nSPS) is 18.8. The molecule has 2 aromatic carbocycles. The van der Waals surface area contributed by atoms with Crippen molar-refractivity contribution >= 4 is 11.8 Å². The highest BCUT2D eigenvalue weighted by Crippen LogP contribution is 2.48. The fourth-order valence-electron chi connectivity index (χ4n) is 5.08. The number of nitrogens with zero attached hydrogens (tertiary/aromatic N) is 2. The summed E-state index contributed by atoms with van der Waals surface area (Å²) in [6.07, 6.45) is 2.69. The number of likely N-dealkylation sites (N-methyl/N-ethyl adjacent to an activating group) is 1. The second kappa shape index (κ2) is 9.86. The van der Waals surface area contributed by atoms with Gasteiger partial charge >= 0.3 is 0 Å². The number of rotatable bonds is 8. The van der Waals surface area contributed by atoms with Crippen molar-refractivity contribution in [1.82, 2.24) is 9.80 Å². The lowest BCUT2D eigenvalue weighted by molar-refractivity contribution is -0.133. The summed E-state index contributed by atoms with van der Waals surface area (Å²) in [6.45, 7) is 8.35. The summed E-state index contributed by atoms with van der Waals surface area (Å²) in [7, 11) is 1.87. The second-order valence-corrected chi connectivity index (χ2v) is 8.74. The molecule has 4 rings (SSSR count). The Morgan fingerprint density at radius 3 is 2.45 bits per heavy atom. The number of unbranched alkanes of at least 4 members (excludes halogenated alkanes) is 1. The van der Waals surface area contributed by atoms with Crippen molar-refractivity contribution in [3.8, 4) is 11.5 Å². The van der Waals surface area contributed by atoms with Crippen LogP contribution in [0.1, 0.15) is 72.6 Å². The van der Waals surface area contributed by atoms with E-state index < -0.39 is 5.92 Å². The van der Waals surface area contributed by atoms with Crippen LogP contribution in [0.25, 0.3) is 0 Å². The number of ether oxygens (including phenoxy) is 2. The van der Waals surface area contributed by atoms with Gasteiger partial charge in [-0.2, -0.15) is 0 Å². The van der Waals surface area contributed by atoms with Gasteiger partial charge < -0.3 is 19.3 Å². The summed E-state index contributed by atoms with van der Waals surface area (Å²) >= 11 is 0. The molecule has 2 aromatic rings. The summed E-state index contributed by atoms with van der Waals surface area (Å²) in [5, 5.41) is 0. The monoisotopic (exact) mass is 450 g/mol. The Balaban J connectivity index is 1.86.